The molecule has 0 radical (unpaired) electrons. The highest BCUT2D eigenvalue weighted by molar-refractivity contribution is 5.69. The van der Waals surface area contributed by atoms with Crippen LogP contribution >= 0.6 is 0 Å². The molecule has 1 aliphatic heterocycles. The van der Waals surface area contributed by atoms with Crippen molar-refractivity contribution in [3.8, 4) is 0 Å². The molecule has 8 heteroatoms. The third kappa shape index (κ3) is 19.7. The van der Waals surface area contributed by atoms with E-state index in [1.54, 1.807) is 0 Å². The van der Waals surface area contributed by atoms with Gasteiger partial charge in [-0.2, -0.15) is 0 Å². The summed E-state index contributed by atoms with van der Waals surface area (Å²) in [5.41, 5.74) is 0. The maximum absolute atomic E-state index is 12.4. The summed E-state index contributed by atoms with van der Waals surface area (Å²) in [6.45, 7) is 4.27. The van der Waals surface area contributed by atoms with Crippen molar-refractivity contribution in [3.05, 3.63) is 0 Å². The normalized spacial score (nSPS) is 22.0. The van der Waals surface area contributed by atoms with E-state index in [0.29, 0.717) is 6.42 Å². The van der Waals surface area contributed by atoms with Crippen molar-refractivity contribution in [2.75, 3.05) is 13.7 Å². The second-order valence-corrected chi connectivity index (χ2v) is 12.5. The zero-order valence-electron chi connectivity index (χ0n) is 27.9. The van der Waals surface area contributed by atoms with Gasteiger partial charge in [-0.15, -0.1) is 0 Å². The lowest BCUT2D eigenvalue weighted by atomic mass is 9.99. The first kappa shape index (κ1) is 39.8. The van der Waals surface area contributed by atoms with Crippen LogP contribution in [0.3, 0.4) is 0 Å². The fraction of sp³-hybridized carbons (Fsp3) is 0.943. The Morgan fingerprint density at radius 2 is 0.977 bits per heavy atom. The number of unbranched alkanes of at least 4 members (excludes halogenated alkanes) is 20. The van der Waals surface area contributed by atoms with Crippen LogP contribution in [0.25, 0.3) is 0 Å². The molecule has 8 nitrogen and oxygen atoms in total. The number of rotatable bonds is 28. The van der Waals surface area contributed by atoms with Gasteiger partial charge in [-0.25, -0.2) is 0 Å². The topological polar surface area (TPSA) is 112 Å². The molecule has 5 atom stereocenters. The molecule has 1 fully saturated rings. The smallest absolute Gasteiger partial charge is 0.306 e. The first-order valence-electron chi connectivity index (χ1n) is 17.8. The van der Waals surface area contributed by atoms with Crippen LogP contribution in [-0.2, 0) is 28.5 Å². The number of carbonyl (C=O) groups is 2. The summed E-state index contributed by atoms with van der Waals surface area (Å²) in [5, 5.41) is 21.3. The van der Waals surface area contributed by atoms with Crippen LogP contribution in [0.2, 0.25) is 0 Å². The third-order valence-corrected chi connectivity index (χ3v) is 8.52. The minimum absolute atomic E-state index is 0.200. The van der Waals surface area contributed by atoms with Gasteiger partial charge in [0.1, 0.15) is 24.9 Å². The molecule has 254 valence electrons. The minimum atomic E-state index is -1.41. The summed E-state index contributed by atoms with van der Waals surface area (Å²) in [4.78, 5) is 24.7. The van der Waals surface area contributed by atoms with Gasteiger partial charge in [0.2, 0.25) is 0 Å². The van der Waals surface area contributed by atoms with Crippen molar-refractivity contribution >= 4 is 11.9 Å². The Morgan fingerprint density at radius 3 is 1.40 bits per heavy atom. The third-order valence-electron chi connectivity index (χ3n) is 8.52. The Labute approximate surface area is 263 Å². The summed E-state index contributed by atoms with van der Waals surface area (Å²) in [5.74, 6) is -0.801. The van der Waals surface area contributed by atoms with Gasteiger partial charge >= 0.3 is 11.9 Å². The highest BCUT2D eigenvalue weighted by Gasteiger charge is 2.47. The molecule has 0 unspecified atom stereocenters. The van der Waals surface area contributed by atoms with Gasteiger partial charge in [0, 0.05) is 20.0 Å². The SMILES string of the molecule is CCCCCCCCCCCCCC(=O)OC[C@H]1O[C@H](OC)[C@H](OC(=O)CCCCCCCCCCCCC)[C@@H](O)[C@@H]1O. The molecule has 1 rings (SSSR count). The molecule has 1 aliphatic rings. The van der Waals surface area contributed by atoms with E-state index in [4.69, 9.17) is 18.9 Å². The van der Waals surface area contributed by atoms with Gasteiger partial charge in [0.05, 0.1) is 0 Å². The van der Waals surface area contributed by atoms with Crippen LogP contribution in [0.15, 0.2) is 0 Å². The fourth-order valence-corrected chi connectivity index (χ4v) is 5.68. The van der Waals surface area contributed by atoms with Crippen molar-refractivity contribution in [2.45, 2.75) is 199 Å². The molecule has 0 spiro atoms. The second kappa shape index (κ2) is 27.1. The Morgan fingerprint density at radius 1 is 0.581 bits per heavy atom. The van der Waals surface area contributed by atoms with E-state index >= 15 is 0 Å². The zero-order valence-corrected chi connectivity index (χ0v) is 27.9. The molecule has 0 bridgehead atoms. The number of aliphatic hydroxyl groups is 2. The lowest BCUT2D eigenvalue weighted by molar-refractivity contribution is -0.298. The van der Waals surface area contributed by atoms with Crippen LogP contribution in [0.4, 0.5) is 0 Å². The Bertz CT molecular complexity index is 668. The number of esters is 2. The van der Waals surface area contributed by atoms with E-state index in [1.165, 1.54) is 110 Å². The Hall–Kier alpha value is -1.22. The van der Waals surface area contributed by atoms with Crippen LogP contribution < -0.4 is 0 Å². The molecule has 2 N–H and O–H groups in total. The van der Waals surface area contributed by atoms with Crippen molar-refractivity contribution in [3.63, 3.8) is 0 Å². The minimum Gasteiger partial charge on any atom is -0.463 e. The molecular formula is C35H66O8. The molecule has 1 heterocycles. The molecule has 0 aliphatic carbocycles. The monoisotopic (exact) mass is 614 g/mol. The predicted molar refractivity (Wildman–Crippen MR) is 171 cm³/mol. The first-order valence-corrected chi connectivity index (χ1v) is 17.8. The standard InChI is InChI=1S/C35H66O8/c1-4-6-8-10-12-14-16-18-20-22-24-26-30(36)41-28-29-32(38)33(39)34(35(40-3)42-29)43-31(37)27-25-23-21-19-17-15-13-11-9-7-5-2/h29,32-35,38-39H,4-28H2,1-3H3/t29-,32-,33+,34-,35+/m1/s1. The average molecular weight is 615 g/mol. The van der Waals surface area contributed by atoms with Gasteiger partial charge < -0.3 is 29.2 Å². The molecule has 0 amide bonds. The van der Waals surface area contributed by atoms with E-state index in [1.807, 2.05) is 0 Å². The highest BCUT2D eigenvalue weighted by atomic mass is 16.7. The van der Waals surface area contributed by atoms with Crippen LogP contribution in [-0.4, -0.2) is 66.6 Å². The second-order valence-electron chi connectivity index (χ2n) is 12.5. The van der Waals surface area contributed by atoms with Crippen molar-refractivity contribution in [2.24, 2.45) is 0 Å². The van der Waals surface area contributed by atoms with Gasteiger partial charge in [0.25, 0.3) is 0 Å². The maximum atomic E-state index is 12.4. The predicted octanol–water partition coefficient (Wildman–Crippen LogP) is 7.94. The summed E-state index contributed by atoms with van der Waals surface area (Å²) in [7, 11) is 1.38. The Kier molecular flexibility index (Phi) is 25.1. The lowest BCUT2D eigenvalue weighted by Crippen LogP contribution is -2.60. The largest absolute Gasteiger partial charge is 0.463 e. The van der Waals surface area contributed by atoms with Crippen LogP contribution in [0.1, 0.15) is 168 Å². The maximum Gasteiger partial charge on any atom is 0.306 e. The first-order chi connectivity index (χ1) is 20.9. The number of hydrogen-bond donors (Lipinski definition) is 2. The number of aliphatic hydroxyl groups excluding tert-OH is 2. The molecule has 43 heavy (non-hydrogen) atoms. The van der Waals surface area contributed by atoms with Crippen LogP contribution in [0, 0.1) is 0 Å². The zero-order chi connectivity index (χ0) is 31.5. The van der Waals surface area contributed by atoms with E-state index in [2.05, 4.69) is 13.8 Å². The fourth-order valence-electron chi connectivity index (χ4n) is 5.68. The van der Waals surface area contributed by atoms with Gasteiger partial charge in [-0.05, 0) is 12.8 Å². The number of ether oxygens (including phenoxy) is 4. The van der Waals surface area contributed by atoms with Gasteiger partial charge in [0.15, 0.2) is 12.4 Å². The quantitative estimate of drug-likeness (QED) is 0.0675. The van der Waals surface area contributed by atoms with Crippen molar-refractivity contribution in [1.82, 2.24) is 0 Å². The number of methoxy groups -OCH3 is 1. The summed E-state index contributed by atoms with van der Waals surface area (Å²) in [6.07, 6.45) is 20.9. The van der Waals surface area contributed by atoms with Crippen LogP contribution in [0.5, 0.6) is 0 Å². The molecule has 1 saturated heterocycles. The van der Waals surface area contributed by atoms with E-state index in [0.717, 1.165) is 38.5 Å². The van der Waals surface area contributed by atoms with Crippen molar-refractivity contribution < 1.29 is 38.7 Å². The molecule has 0 aromatic carbocycles. The average Bonchev–Trinajstić information content (AvgIpc) is 3.00. The van der Waals surface area contributed by atoms with E-state index < -0.39 is 36.7 Å². The van der Waals surface area contributed by atoms with Gasteiger partial charge in [-0.3, -0.25) is 9.59 Å². The summed E-state index contributed by atoms with van der Waals surface area (Å²) >= 11 is 0. The van der Waals surface area contributed by atoms with Gasteiger partial charge in [-0.1, -0.05) is 142 Å². The van der Waals surface area contributed by atoms with Crippen molar-refractivity contribution in [1.29, 1.82) is 0 Å². The number of carbonyl (C=O) groups excluding carboxylic acids is 2. The molecular weight excluding hydrogens is 548 g/mol. The summed E-state index contributed by atoms with van der Waals surface area (Å²) < 4.78 is 21.8. The lowest BCUT2D eigenvalue weighted by Gasteiger charge is -2.41. The highest BCUT2D eigenvalue weighted by Crippen LogP contribution is 2.25. The molecule has 0 aromatic rings. The molecule has 0 saturated carbocycles. The van der Waals surface area contributed by atoms with E-state index in [9.17, 15) is 19.8 Å². The Balaban J connectivity index is 2.18. The van der Waals surface area contributed by atoms with E-state index in [-0.39, 0.29) is 19.0 Å². The summed E-state index contributed by atoms with van der Waals surface area (Å²) in [6, 6.07) is 0. The number of hydrogen-bond acceptors (Lipinski definition) is 8. The molecule has 0 aromatic heterocycles.